The van der Waals surface area contributed by atoms with Crippen molar-refractivity contribution in [2.24, 2.45) is 5.73 Å². The normalized spacial score (nSPS) is 10.1. The van der Waals surface area contributed by atoms with E-state index in [1.54, 1.807) is 0 Å². The van der Waals surface area contributed by atoms with Gasteiger partial charge in [-0.3, -0.25) is 11.1 Å². The standard InChI is InChI=1S/C14H14N2/c1-10-6-8-11(9-7-10)12-4-2-3-5-13(12)14(15)16/h2-9H,1H3,(H3,15,16)/p+1. The predicted octanol–water partition coefficient (Wildman–Crippen LogP) is 1.13. The van der Waals surface area contributed by atoms with Crippen molar-refractivity contribution in [2.75, 3.05) is 0 Å². The maximum absolute atomic E-state index is 5.68. The van der Waals surface area contributed by atoms with Crippen LogP contribution in [0.15, 0.2) is 48.5 Å². The minimum atomic E-state index is 0.358. The first-order valence-electron chi connectivity index (χ1n) is 5.23. The molecule has 0 saturated heterocycles. The van der Waals surface area contributed by atoms with E-state index in [2.05, 4.69) is 31.2 Å². The summed E-state index contributed by atoms with van der Waals surface area (Å²) in [7, 11) is 0. The molecule has 0 aliphatic carbocycles. The van der Waals surface area contributed by atoms with Gasteiger partial charge in [0.1, 0.15) is 0 Å². The SMILES string of the molecule is Cc1ccc(-c2ccccc2C(N)=[NH2+])cc1. The maximum Gasteiger partial charge on any atom is 0.271 e. The second-order valence-electron chi connectivity index (χ2n) is 3.87. The van der Waals surface area contributed by atoms with Gasteiger partial charge in [0.2, 0.25) is 0 Å². The van der Waals surface area contributed by atoms with Crippen molar-refractivity contribution in [3.63, 3.8) is 0 Å². The molecule has 2 rings (SSSR count). The molecule has 0 atom stereocenters. The molecule has 0 bridgehead atoms. The van der Waals surface area contributed by atoms with E-state index in [0.717, 1.165) is 16.7 Å². The molecule has 0 aliphatic heterocycles. The summed E-state index contributed by atoms with van der Waals surface area (Å²) in [4.78, 5) is 0. The highest BCUT2D eigenvalue weighted by atomic mass is 14.7. The molecular weight excluding hydrogens is 196 g/mol. The Balaban J connectivity index is 2.55. The molecule has 0 unspecified atom stereocenters. The van der Waals surface area contributed by atoms with E-state index >= 15 is 0 Å². The van der Waals surface area contributed by atoms with Gasteiger partial charge in [-0.05, 0) is 24.1 Å². The van der Waals surface area contributed by atoms with Crippen LogP contribution in [0.1, 0.15) is 11.1 Å². The number of nitrogens with two attached hydrogens (primary N) is 2. The minimum Gasteiger partial charge on any atom is -0.287 e. The number of rotatable bonds is 2. The van der Waals surface area contributed by atoms with Crippen LogP contribution in [0.3, 0.4) is 0 Å². The zero-order valence-electron chi connectivity index (χ0n) is 9.27. The monoisotopic (exact) mass is 211 g/mol. The van der Waals surface area contributed by atoms with Crippen LogP contribution in [0, 0.1) is 6.92 Å². The third-order valence-electron chi connectivity index (χ3n) is 2.60. The average molecular weight is 211 g/mol. The molecule has 0 aromatic heterocycles. The highest BCUT2D eigenvalue weighted by Crippen LogP contribution is 2.23. The van der Waals surface area contributed by atoms with Gasteiger partial charge in [-0.25, -0.2) is 0 Å². The second-order valence-corrected chi connectivity index (χ2v) is 3.87. The molecule has 0 heterocycles. The van der Waals surface area contributed by atoms with Crippen molar-refractivity contribution in [3.05, 3.63) is 59.7 Å². The molecule has 2 aromatic rings. The fourth-order valence-corrected chi connectivity index (χ4v) is 1.72. The topological polar surface area (TPSA) is 51.6 Å². The Morgan fingerprint density at radius 3 is 2.25 bits per heavy atom. The van der Waals surface area contributed by atoms with E-state index in [1.165, 1.54) is 5.56 Å². The molecule has 2 heteroatoms. The Morgan fingerprint density at radius 2 is 1.62 bits per heavy atom. The van der Waals surface area contributed by atoms with Gasteiger partial charge in [0, 0.05) is 0 Å². The Kier molecular flexibility index (Phi) is 2.73. The number of hydrogen-bond acceptors (Lipinski definition) is 0. The molecule has 0 fully saturated rings. The van der Waals surface area contributed by atoms with Gasteiger partial charge in [0.25, 0.3) is 5.84 Å². The fourth-order valence-electron chi connectivity index (χ4n) is 1.72. The first-order valence-corrected chi connectivity index (χ1v) is 5.23. The molecule has 80 valence electrons. The number of amidine groups is 1. The van der Waals surface area contributed by atoms with E-state index < -0.39 is 0 Å². The Hall–Kier alpha value is -2.09. The van der Waals surface area contributed by atoms with Crippen molar-refractivity contribution in [1.29, 1.82) is 0 Å². The van der Waals surface area contributed by atoms with E-state index in [4.69, 9.17) is 11.1 Å². The fraction of sp³-hybridized carbons (Fsp3) is 0.0714. The van der Waals surface area contributed by atoms with Crippen LogP contribution in [0.2, 0.25) is 0 Å². The summed E-state index contributed by atoms with van der Waals surface area (Å²) in [5.41, 5.74) is 10.0. The molecule has 0 amide bonds. The van der Waals surface area contributed by atoms with Crippen LogP contribution in [0.4, 0.5) is 0 Å². The smallest absolute Gasteiger partial charge is 0.271 e. The molecule has 0 saturated carbocycles. The van der Waals surface area contributed by atoms with Crippen LogP contribution in [0.25, 0.3) is 11.1 Å². The summed E-state index contributed by atoms with van der Waals surface area (Å²) >= 11 is 0. The lowest BCUT2D eigenvalue weighted by Gasteiger charge is -2.06. The third kappa shape index (κ3) is 1.96. The first-order chi connectivity index (χ1) is 7.68. The predicted molar refractivity (Wildman–Crippen MR) is 66.8 cm³/mol. The van der Waals surface area contributed by atoms with E-state index in [-0.39, 0.29) is 0 Å². The van der Waals surface area contributed by atoms with Gasteiger partial charge in [0.15, 0.2) is 0 Å². The summed E-state index contributed by atoms with van der Waals surface area (Å²) < 4.78 is 0. The summed E-state index contributed by atoms with van der Waals surface area (Å²) in [6, 6.07) is 16.2. The van der Waals surface area contributed by atoms with Crippen LogP contribution >= 0.6 is 0 Å². The Bertz CT molecular complexity index is 513. The zero-order chi connectivity index (χ0) is 11.5. The summed E-state index contributed by atoms with van der Waals surface area (Å²) in [5, 5.41) is 5.68. The van der Waals surface area contributed by atoms with E-state index in [9.17, 15) is 0 Å². The van der Waals surface area contributed by atoms with Crippen LogP contribution in [0.5, 0.6) is 0 Å². The molecule has 16 heavy (non-hydrogen) atoms. The molecule has 2 aromatic carbocycles. The highest BCUT2D eigenvalue weighted by Gasteiger charge is 2.09. The number of benzene rings is 2. The quantitative estimate of drug-likeness (QED) is 0.568. The Morgan fingerprint density at radius 1 is 1.00 bits per heavy atom. The number of hydrogen-bond donors (Lipinski definition) is 2. The number of aryl methyl sites for hydroxylation is 1. The van der Waals surface area contributed by atoms with Gasteiger partial charge >= 0.3 is 0 Å². The Labute approximate surface area is 95.2 Å². The van der Waals surface area contributed by atoms with Crippen molar-refractivity contribution >= 4 is 5.84 Å². The van der Waals surface area contributed by atoms with Crippen LogP contribution in [-0.2, 0) is 0 Å². The largest absolute Gasteiger partial charge is 0.287 e. The molecular formula is C14H15N2+. The van der Waals surface area contributed by atoms with Gasteiger partial charge in [-0.15, -0.1) is 0 Å². The summed E-state index contributed by atoms with van der Waals surface area (Å²) in [6.07, 6.45) is 0. The lowest BCUT2D eigenvalue weighted by molar-refractivity contribution is -0.114. The van der Waals surface area contributed by atoms with E-state index in [1.807, 2.05) is 24.3 Å². The van der Waals surface area contributed by atoms with Gasteiger partial charge < -0.3 is 0 Å². The maximum atomic E-state index is 5.68. The van der Waals surface area contributed by atoms with Gasteiger partial charge in [0.05, 0.1) is 5.56 Å². The lowest BCUT2D eigenvalue weighted by Crippen LogP contribution is -2.46. The van der Waals surface area contributed by atoms with Crippen molar-refractivity contribution in [2.45, 2.75) is 6.92 Å². The third-order valence-corrected chi connectivity index (χ3v) is 2.60. The lowest BCUT2D eigenvalue weighted by atomic mass is 9.98. The molecule has 2 nitrogen and oxygen atoms in total. The second kappa shape index (κ2) is 4.19. The van der Waals surface area contributed by atoms with Crippen LogP contribution < -0.4 is 11.1 Å². The zero-order valence-corrected chi connectivity index (χ0v) is 9.27. The van der Waals surface area contributed by atoms with Gasteiger partial charge in [-0.1, -0.05) is 48.0 Å². The highest BCUT2D eigenvalue weighted by molar-refractivity contribution is 5.99. The van der Waals surface area contributed by atoms with Crippen molar-refractivity contribution in [1.82, 2.24) is 0 Å². The van der Waals surface area contributed by atoms with Crippen molar-refractivity contribution < 1.29 is 5.41 Å². The first kappa shape index (κ1) is 10.4. The summed E-state index contributed by atoms with van der Waals surface area (Å²) in [5.74, 6) is 0.358. The average Bonchev–Trinajstić information content (AvgIpc) is 2.30. The molecule has 4 N–H and O–H groups in total. The van der Waals surface area contributed by atoms with E-state index in [0.29, 0.717) is 5.84 Å². The molecule has 0 aliphatic rings. The summed E-state index contributed by atoms with van der Waals surface area (Å²) in [6.45, 7) is 2.07. The van der Waals surface area contributed by atoms with Crippen molar-refractivity contribution in [3.8, 4) is 11.1 Å². The molecule has 0 spiro atoms. The van der Waals surface area contributed by atoms with Gasteiger partial charge in [-0.2, -0.15) is 0 Å². The molecule has 0 radical (unpaired) electrons. The van der Waals surface area contributed by atoms with Crippen LogP contribution in [-0.4, -0.2) is 5.84 Å². The minimum absolute atomic E-state index is 0.358.